The highest BCUT2D eigenvalue weighted by Gasteiger charge is 2.15. The van der Waals surface area contributed by atoms with Crippen LogP contribution in [0, 0.1) is 0 Å². The summed E-state index contributed by atoms with van der Waals surface area (Å²) in [4.78, 5) is 17.6. The van der Waals surface area contributed by atoms with E-state index in [0.717, 1.165) is 43.1 Å². The fourth-order valence-electron chi connectivity index (χ4n) is 3.05. The van der Waals surface area contributed by atoms with Gasteiger partial charge in [0.1, 0.15) is 11.5 Å². The minimum Gasteiger partial charge on any atom is -0.387 e. The second-order valence-electron chi connectivity index (χ2n) is 6.34. The van der Waals surface area contributed by atoms with E-state index in [1.54, 1.807) is 37.9 Å². The lowest BCUT2D eigenvalue weighted by atomic mass is 10.1. The van der Waals surface area contributed by atoms with E-state index >= 15 is 0 Å². The monoisotopic (exact) mass is 339 g/mol. The largest absolute Gasteiger partial charge is 0.387 e. The van der Waals surface area contributed by atoms with Gasteiger partial charge in [0.2, 0.25) is 0 Å². The SMILES string of the molecule is CC(O)c1cn2c(-c3cncc(NC4CCCNC4)n3)cnc2cn1. The van der Waals surface area contributed by atoms with Gasteiger partial charge in [-0.05, 0) is 26.3 Å². The zero-order valence-corrected chi connectivity index (χ0v) is 14.1. The van der Waals surface area contributed by atoms with Crippen molar-refractivity contribution < 1.29 is 5.11 Å². The normalized spacial score (nSPS) is 19.0. The molecule has 2 unspecified atom stereocenters. The zero-order valence-electron chi connectivity index (χ0n) is 14.1. The van der Waals surface area contributed by atoms with Crippen LogP contribution in [0.4, 0.5) is 5.82 Å². The lowest BCUT2D eigenvalue weighted by Gasteiger charge is -2.24. The first-order valence-corrected chi connectivity index (χ1v) is 8.51. The molecule has 1 saturated heterocycles. The molecule has 1 aliphatic rings. The van der Waals surface area contributed by atoms with Gasteiger partial charge >= 0.3 is 0 Å². The molecule has 0 radical (unpaired) electrons. The van der Waals surface area contributed by atoms with E-state index in [-0.39, 0.29) is 0 Å². The second kappa shape index (κ2) is 6.73. The number of rotatable bonds is 4. The van der Waals surface area contributed by atoms with Crippen LogP contribution in [0.5, 0.6) is 0 Å². The van der Waals surface area contributed by atoms with Gasteiger partial charge in [0, 0.05) is 18.8 Å². The number of hydrogen-bond acceptors (Lipinski definition) is 7. The molecule has 25 heavy (non-hydrogen) atoms. The maximum absolute atomic E-state index is 9.77. The van der Waals surface area contributed by atoms with Crippen molar-refractivity contribution >= 4 is 11.5 Å². The summed E-state index contributed by atoms with van der Waals surface area (Å²) in [6.07, 6.45) is 10.3. The Labute approximate surface area is 145 Å². The van der Waals surface area contributed by atoms with Crippen molar-refractivity contribution in [2.45, 2.75) is 31.9 Å². The first kappa shape index (κ1) is 15.9. The molecule has 130 valence electrons. The molecule has 3 aromatic heterocycles. The van der Waals surface area contributed by atoms with Crippen LogP contribution in [0.15, 0.2) is 31.0 Å². The Morgan fingerprint density at radius 3 is 3.00 bits per heavy atom. The van der Waals surface area contributed by atoms with Crippen LogP contribution in [0.1, 0.15) is 31.6 Å². The van der Waals surface area contributed by atoms with Gasteiger partial charge in [0.05, 0.1) is 42.3 Å². The highest BCUT2D eigenvalue weighted by atomic mass is 16.3. The van der Waals surface area contributed by atoms with Crippen LogP contribution < -0.4 is 10.6 Å². The molecular weight excluding hydrogens is 318 g/mol. The number of imidazole rings is 1. The van der Waals surface area contributed by atoms with Crippen LogP contribution in [0.3, 0.4) is 0 Å². The van der Waals surface area contributed by atoms with Crippen LogP contribution >= 0.6 is 0 Å². The van der Waals surface area contributed by atoms with Gasteiger partial charge in [0.15, 0.2) is 5.65 Å². The summed E-state index contributed by atoms with van der Waals surface area (Å²) < 4.78 is 1.88. The summed E-state index contributed by atoms with van der Waals surface area (Å²) in [5.74, 6) is 0.756. The molecule has 1 aliphatic heterocycles. The fourth-order valence-corrected chi connectivity index (χ4v) is 3.05. The van der Waals surface area contributed by atoms with E-state index in [0.29, 0.717) is 17.4 Å². The van der Waals surface area contributed by atoms with Gasteiger partial charge in [-0.25, -0.2) is 9.97 Å². The summed E-state index contributed by atoms with van der Waals surface area (Å²) in [5, 5.41) is 16.6. The lowest BCUT2D eigenvalue weighted by molar-refractivity contribution is 0.194. The van der Waals surface area contributed by atoms with Gasteiger partial charge in [-0.2, -0.15) is 0 Å². The maximum Gasteiger partial charge on any atom is 0.155 e. The molecule has 4 rings (SSSR count). The Morgan fingerprint density at radius 2 is 2.20 bits per heavy atom. The Hall–Kier alpha value is -2.58. The second-order valence-corrected chi connectivity index (χ2v) is 6.34. The third kappa shape index (κ3) is 3.31. The van der Waals surface area contributed by atoms with E-state index in [9.17, 15) is 5.11 Å². The maximum atomic E-state index is 9.77. The van der Waals surface area contributed by atoms with Gasteiger partial charge in [0.25, 0.3) is 0 Å². The van der Waals surface area contributed by atoms with Crippen molar-refractivity contribution in [1.82, 2.24) is 29.7 Å². The molecule has 8 heteroatoms. The van der Waals surface area contributed by atoms with Crippen molar-refractivity contribution in [3.05, 3.63) is 36.7 Å². The number of aliphatic hydroxyl groups excluding tert-OH is 1. The summed E-state index contributed by atoms with van der Waals surface area (Å²) >= 11 is 0. The number of nitrogens with zero attached hydrogens (tertiary/aromatic N) is 5. The van der Waals surface area contributed by atoms with E-state index in [1.165, 1.54) is 0 Å². The lowest BCUT2D eigenvalue weighted by Crippen LogP contribution is -2.38. The molecule has 0 bridgehead atoms. The van der Waals surface area contributed by atoms with Crippen molar-refractivity contribution in [1.29, 1.82) is 0 Å². The van der Waals surface area contributed by atoms with E-state index in [1.807, 2.05) is 4.40 Å². The average Bonchev–Trinajstić information content (AvgIpc) is 3.06. The molecular formula is C17H21N7O. The minimum atomic E-state index is -0.641. The topological polar surface area (TPSA) is 100 Å². The number of anilines is 1. The molecule has 2 atom stereocenters. The Kier molecular flexibility index (Phi) is 4.29. The fraction of sp³-hybridized carbons (Fsp3) is 0.412. The Bertz CT molecular complexity index is 870. The number of nitrogens with one attached hydrogen (secondary N) is 2. The predicted molar refractivity (Wildman–Crippen MR) is 94.2 cm³/mol. The van der Waals surface area contributed by atoms with Crippen LogP contribution in [0.2, 0.25) is 0 Å². The molecule has 0 aromatic carbocycles. The van der Waals surface area contributed by atoms with Crippen LogP contribution in [-0.2, 0) is 0 Å². The van der Waals surface area contributed by atoms with Gasteiger partial charge in [-0.15, -0.1) is 0 Å². The molecule has 3 N–H and O–H groups in total. The molecule has 0 spiro atoms. The standard InChI is InChI=1S/C17H21N7O/c1-11(25)14-10-24-15(7-21-17(24)9-20-14)13-6-19-8-16(23-13)22-12-3-2-4-18-5-12/h6-12,18,25H,2-5H2,1H3,(H,22,23). The molecule has 3 aromatic rings. The zero-order chi connectivity index (χ0) is 17.2. The number of aliphatic hydroxyl groups is 1. The minimum absolute atomic E-state index is 0.367. The van der Waals surface area contributed by atoms with Crippen LogP contribution in [-0.4, -0.2) is 48.6 Å². The molecule has 0 saturated carbocycles. The number of hydrogen-bond donors (Lipinski definition) is 3. The third-order valence-corrected chi connectivity index (χ3v) is 4.39. The van der Waals surface area contributed by atoms with Crippen LogP contribution in [0.25, 0.3) is 17.0 Å². The van der Waals surface area contributed by atoms with Crippen molar-refractivity contribution in [3.8, 4) is 11.4 Å². The molecule has 4 heterocycles. The molecule has 1 fully saturated rings. The number of piperidine rings is 1. The molecule has 0 amide bonds. The van der Waals surface area contributed by atoms with E-state index in [2.05, 4.69) is 30.6 Å². The Morgan fingerprint density at radius 1 is 1.28 bits per heavy atom. The molecule has 8 nitrogen and oxygen atoms in total. The first-order valence-electron chi connectivity index (χ1n) is 8.51. The van der Waals surface area contributed by atoms with Gasteiger partial charge in [-0.3, -0.25) is 14.4 Å². The van der Waals surface area contributed by atoms with E-state index in [4.69, 9.17) is 0 Å². The van der Waals surface area contributed by atoms with Crippen molar-refractivity contribution in [2.24, 2.45) is 0 Å². The highest BCUT2D eigenvalue weighted by molar-refractivity contribution is 5.60. The van der Waals surface area contributed by atoms with Crippen molar-refractivity contribution in [2.75, 3.05) is 18.4 Å². The number of fused-ring (bicyclic) bond motifs is 1. The summed E-state index contributed by atoms with van der Waals surface area (Å²) in [7, 11) is 0. The highest BCUT2D eigenvalue weighted by Crippen LogP contribution is 2.21. The average molecular weight is 339 g/mol. The third-order valence-electron chi connectivity index (χ3n) is 4.39. The quantitative estimate of drug-likeness (QED) is 0.660. The van der Waals surface area contributed by atoms with Gasteiger partial charge < -0.3 is 15.7 Å². The number of aromatic nitrogens is 5. The smallest absolute Gasteiger partial charge is 0.155 e. The Balaban J connectivity index is 1.66. The summed E-state index contributed by atoms with van der Waals surface area (Å²) in [5.41, 5.74) is 2.83. The molecule has 0 aliphatic carbocycles. The first-order chi connectivity index (χ1) is 12.2. The summed E-state index contributed by atoms with van der Waals surface area (Å²) in [6, 6.07) is 0.367. The van der Waals surface area contributed by atoms with Crippen molar-refractivity contribution in [3.63, 3.8) is 0 Å². The van der Waals surface area contributed by atoms with Gasteiger partial charge in [-0.1, -0.05) is 0 Å². The summed E-state index contributed by atoms with van der Waals surface area (Å²) in [6.45, 7) is 3.70. The van der Waals surface area contributed by atoms with E-state index < -0.39 is 6.10 Å². The predicted octanol–water partition coefficient (Wildman–Crippen LogP) is 1.40.